The fraction of sp³-hybridized carbons (Fsp3) is 0.818. The topological polar surface area (TPSA) is 38.7 Å². The molecule has 2 fully saturated rings. The molecule has 5 rings (SSSR count). The van der Waals surface area contributed by atoms with Gasteiger partial charge in [-0.3, -0.25) is 0 Å². The Hall–Kier alpha value is -0.960. The molecule has 0 N–H and O–H groups in total. The van der Waals surface area contributed by atoms with Gasteiger partial charge in [0, 0.05) is 5.41 Å². The monoisotopic (exact) mass is 341 g/mol. The lowest BCUT2D eigenvalue weighted by atomic mass is 9.51. The summed E-state index contributed by atoms with van der Waals surface area (Å²) in [6.45, 7) is 3.22. The summed E-state index contributed by atoms with van der Waals surface area (Å²) in [5.41, 5.74) is 3.79. The van der Waals surface area contributed by atoms with Gasteiger partial charge in [0.25, 0.3) is 0 Å². The Morgan fingerprint density at radius 3 is 2.88 bits per heavy atom. The van der Waals surface area contributed by atoms with Gasteiger partial charge in [0.05, 0.1) is 18.2 Å². The first-order valence-electron chi connectivity index (χ1n) is 10.6. The summed E-state index contributed by atoms with van der Waals surface area (Å²) in [5, 5.41) is 3.36. The molecule has 0 aromatic carbocycles. The van der Waals surface area contributed by atoms with E-state index in [2.05, 4.69) is 24.3 Å². The third-order valence-electron chi connectivity index (χ3n) is 8.83. The maximum absolute atomic E-state index is 11.0. The minimum atomic E-state index is 0.0468. The van der Waals surface area contributed by atoms with Crippen LogP contribution in [0.15, 0.2) is 28.5 Å². The van der Waals surface area contributed by atoms with Gasteiger partial charge in [-0.2, -0.15) is 4.91 Å². The van der Waals surface area contributed by atoms with Crippen molar-refractivity contribution in [2.75, 3.05) is 6.61 Å². The van der Waals surface area contributed by atoms with Gasteiger partial charge in [0.1, 0.15) is 0 Å². The maximum atomic E-state index is 11.0. The molecular formula is C22H31NO2. The zero-order valence-electron chi connectivity index (χ0n) is 15.5. The minimum Gasteiger partial charge on any atom is -0.366 e. The Morgan fingerprint density at radius 1 is 1.20 bits per heavy atom. The van der Waals surface area contributed by atoms with Crippen molar-refractivity contribution in [1.82, 2.24) is 0 Å². The third-order valence-corrected chi connectivity index (χ3v) is 8.83. The molecule has 1 spiro atoms. The molecule has 0 bridgehead atoms. The van der Waals surface area contributed by atoms with Gasteiger partial charge in [-0.15, -0.1) is 0 Å². The van der Waals surface area contributed by atoms with Gasteiger partial charge in [-0.25, -0.2) is 0 Å². The van der Waals surface area contributed by atoms with E-state index in [9.17, 15) is 4.91 Å². The Morgan fingerprint density at radius 2 is 2.12 bits per heavy atom. The van der Waals surface area contributed by atoms with E-state index in [0.717, 1.165) is 43.6 Å². The summed E-state index contributed by atoms with van der Waals surface area (Å²) in [6.07, 6.45) is 16.9. The first kappa shape index (κ1) is 16.2. The predicted molar refractivity (Wildman–Crippen MR) is 99.2 cm³/mol. The smallest absolute Gasteiger partial charge is 0.0959 e. The van der Waals surface area contributed by atoms with Gasteiger partial charge >= 0.3 is 0 Å². The number of fused-ring (bicyclic) bond motifs is 5. The summed E-state index contributed by atoms with van der Waals surface area (Å²) in [5.74, 6) is 2.47. The van der Waals surface area contributed by atoms with E-state index in [1.807, 2.05) is 0 Å². The molecule has 1 aliphatic heterocycles. The molecule has 0 saturated heterocycles. The van der Waals surface area contributed by atoms with Gasteiger partial charge in [-0.05, 0) is 82.0 Å². The Labute approximate surface area is 151 Å². The van der Waals surface area contributed by atoms with Crippen LogP contribution in [0.2, 0.25) is 0 Å². The lowest BCUT2D eigenvalue weighted by Gasteiger charge is -2.55. The summed E-state index contributed by atoms with van der Waals surface area (Å²) < 4.78 is 6.41. The Kier molecular flexibility index (Phi) is 3.75. The van der Waals surface area contributed by atoms with Crippen LogP contribution in [0.25, 0.3) is 0 Å². The fourth-order valence-electron chi connectivity index (χ4n) is 7.82. The number of allylic oxidation sites excluding steroid dienone is 1. The van der Waals surface area contributed by atoms with E-state index in [1.165, 1.54) is 44.9 Å². The van der Waals surface area contributed by atoms with E-state index in [0.29, 0.717) is 5.41 Å². The number of nitroso groups, excluding NO2 is 1. The first-order valence-corrected chi connectivity index (χ1v) is 10.6. The average Bonchev–Trinajstić information content (AvgIpc) is 3.27. The molecule has 0 aromatic heterocycles. The van der Waals surface area contributed by atoms with Crippen LogP contribution < -0.4 is 0 Å². The predicted octanol–water partition coefficient (Wildman–Crippen LogP) is 5.55. The molecule has 3 heteroatoms. The molecule has 0 aromatic rings. The summed E-state index contributed by atoms with van der Waals surface area (Å²) in [4.78, 5) is 11.0. The van der Waals surface area contributed by atoms with Crippen LogP contribution >= 0.6 is 0 Å². The highest BCUT2D eigenvalue weighted by atomic mass is 16.5. The molecule has 2 saturated carbocycles. The summed E-state index contributed by atoms with van der Waals surface area (Å²) in [6, 6.07) is 0.0559. The van der Waals surface area contributed by atoms with Crippen molar-refractivity contribution in [2.45, 2.75) is 82.8 Å². The molecule has 6 atom stereocenters. The Bertz CT molecular complexity index is 638. The van der Waals surface area contributed by atoms with Crippen molar-refractivity contribution in [3.63, 3.8) is 0 Å². The first-order chi connectivity index (χ1) is 12.2. The van der Waals surface area contributed by atoms with E-state index < -0.39 is 0 Å². The zero-order valence-corrected chi connectivity index (χ0v) is 15.5. The zero-order chi connectivity index (χ0) is 17.1. The summed E-state index contributed by atoms with van der Waals surface area (Å²) in [7, 11) is 0. The van der Waals surface area contributed by atoms with Crippen LogP contribution in [0.4, 0.5) is 0 Å². The SMILES string of the molecule is CC[C@]12CCC3C4=C(CCC3C1CC[C@@]21C=CCO1)CC(N=O)CC4. The second kappa shape index (κ2) is 5.77. The quantitative estimate of drug-likeness (QED) is 0.487. The molecule has 1 heterocycles. The number of ether oxygens (including phenoxy) is 1. The molecule has 4 aliphatic carbocycles. The van der Waals surface area contributed by atoms with Gasteiger partial charge < -0.3 is 4.74 Å². The minimum absolute atomic E-state index is 0.0468. The van der Waals surface area contributed by atoms with Crippen LogP contribution in [-0.4, -0.2) is 18.2 Å². The van der Waals surface area contributed by atoms with Gasteiger partial charge in [-0.1, -0.05) is 35.4 Å². The van der Waals surface area contributed by atoms with Gasteiger partial charge in [0.2, 0.25) is 0 Å². The molecule has 0 radical (unpaired) electrons. The van der Waals surface area contributed by atoms with Crippen LogP contribution in [-0.2, 0) is 4.74 Å². The summed E-state index contributed by atoms with van der Waals surface area (Å²) >= 11 is 0. The lowest BCUT2D eigenvalue weighted by Crippen LogP contribution is -2.52. The van der Waals surface area contributed by atoms with Crippen LogP contribution in [0, 0.1) is 28.1 Å². The van der Waals surface area contributed by atoms with Crippen LogP contribution in [0.1, 0.15) is 71.1 Å². The average molecular weight is 341 g/mol. The molecule has 5 aliphatic rings. The highest BCUT2D eigenvalue weighted by molar-refractivity contribution is 5.30. The molecular weight excluding hydrogens is 310 g/mol. The standard InChI is InChI=1S/C22H31NO2/c1-2-21-11-8-18-17-7-5-16(23-24)14-15(17)4-6-19(18)20(21)9-12-22(21)10-3-13-25-22/h3,10,16,18-20H,2,4-9,11-14H2,1H3/t16?,18?,19?,20?,21-,22-/m0/s1. The number of hydrogen-bond donors (Lipinski definition) is 0. The van der Waals surface area contributed by atoms with Crippen molar-refractivity contribution < 1.29 is 4.74 Å². The van der Waals surface area contributed by atoms with E-state index in [1.54, 1.807) is 11.1 Å². The van der Waals surface area contributed by atoms with Gasteiger partial charge in [0.15, 0.2) is 0 Å². The second-order valence-electron chi connectivity index (χ2n) is 9.24. The number of nitrogens with zero attached hydrogens (tertiary/aromatic N) is 1. The second-order valence-corrected chi connectivity index (χ2v) is 9.24. The van der Waals surface area contributed by atoms with E-state index in [4.69, 9.17) is 4.74 Å². The maximum Gasteiger partial charge on any atom is 0.0959 e. The van der Waals surface area contributed by atoms with Crippen molar-refractivity contribution in [1.29, 1.82) is 0 Å². The molecule has 4 unspecified atom stereocenters. The normalized spacial score (nSPS) is 48.4. The van der Waals surface area contributed by atoms with Crippen molar-refractivity contribution >= 4 is 0 Å². The number of rotatable bonds is 2. The largest absolute Gasteiger partial charge is 0.366 e. The number of hydrogen-bond acceptors (Lipinski definition) is 3. The fourth-order valence-corrected chi connectivity index (χ4v) is 7.82. The molecule has 0 amide bonds. The highest BCUT2D eigenvalue weighted by Crippen LogP contribution is 2.67. The van der Waals surface area contributed by atoms with Crippen molar-refractivity contribution in [3.8, 4) is 0 Å². The molecule has 136 valence electrons. The highest BCUT2D eigenvalue weighted by Gasteiger charge is 2.64. The van der Waals surface area contributed by atoms with E-state index >= 15 is 0 Å². The van der Waals surface area contributed by atoms with Crippen molar-refractivity contribution in [2.24, 2.45) is 28.3 Å². The van der Waals surface area contributed by atoms with Crippen LogP contribution in [0.3, 0.4) is 0 Å². The van der Waals surface area contributed by atoms with E-state index in [-0.39, 0.29) is 11.6 Å². The third kappa shape index (κ3) is 2.08. The van der Waals surface area contributed by atoms with Crippen molar-refractivity contribution in [3.05, 3.63) is 28.2 Å². The Balaban J connectivity index is 1.47. The lowest BCUT2D eigenvalue weighted by molar-refractivity contribution is -0.113. The molecule has 3 nitrogen and oxygen atoms in total. The molecule has 25 heavy (non-hydrogen) atoms. The van der Waals surface area contributed by atoms with Crippen LogP contribution in [0.5, 0.6) is 0 Å².